The minimum atomic E-state index is -1.82. The predicted molar refractivity (Wildman–Crippen MR) is 206 cm³/mol. The Morgan fingerprint density at radius 3 is 1.61 bits per heavy atom. The van der Waals surface area contributed by atoms with Crippen molar-refractivity contribution in [1.82, 2.24) is 0 Å². The Morgan fingerprint density at radius 2 is 1.07 bits per heavy atom. The third kappa shape index (κ3) is 10.8. The molecule has 0 aliphatic carbocycles. The number of esters is 4. The van der Waals surface area contributed by atoms with Gasteiger partial charge in [0.2, 0.25) is 0 Å². The van der Waals surface area contributed by atoms with Crippen molar-refractivity contribution in [1.29, 1.82) is 0 Å². The molecule has 0 spiro atoms. The van der Waals surface area contributed by atoms with Gasteiger partial charge in [-0.25, -0.2) is 14.4 Å². The van der Waals surface area contributed by atoms with Crippen molar-refractivity contribution in [3.05, 3.63) is 108 Å². The maximum atomic E-state index is 13.9. The second-order valence-corrected chi connectivity index (χ2v) is 14.9. The molecule has 3 aromatic rings. The number of carbonyl (C=O) groups is 4. The van der Waals surface area contributed by atoms with Gasteiger partial charge in [0, 0.05) is 0 Å². The summed E-state index contributed by atoms with van der Waals surface area (Å²) in [6.45, 7) is 1.58. The Hall–Kier alpha value is -4.86. The third-order valence-electron chi connectivity index (χ3n) is 10.8. The predicted octanol–water partition coefficient (Wildman–Crippen LogP) is 0.937. The van der Waals surface area contributed by atoms with Crippen molar-refractivity contribution in [2.45, 2.75) is 106 Å². The molecule has 18 heteroatoms. The first-order chi connectivity index (χ1) is 29.3. The normalized spacial score (nSPS) is 33.8. The van der Waals surface area contributed by atoms with Gasteiger partial charge in [-0.05, 0) is 50.2 Å². The molecule has 5 N–H and O–H groups in total. The molecule has 0 radical (unpaired) electrons. The molecule has 18 nitrogen and oxygen atoms in total. The highest BCUT2D eigenvalue weighted by atomic mass is 16.8. The van der Waals surface area contributed by atoms with Crippen molar-refractivity contribution in [3.63, 3.8) is 0 Å². The van der Waals surface area contributed by atoms with Gasteiger partial charge in [-0.3, -0.25) is 4.79 Å². The van der Waals surface area contributed by atoms with E-state index in [2.05, 4.69) is 0 Å². The van der Waals surface area contributed by atoms with Crippen LogP contribution in [-0.4, -0.2) is 156 Å². The van der Waals surface area contributed by atoms with E-state index >= 15 is 0 Å². The molecule has 61 heavy (non-hydrogen) atoms. The smallest absolute Gasteiger partial charge is 0.338 e. The fourth-order valence-corrected chi connectivity index (χ4v) is 7.41. The van der Waals surface area contributed by atoms with Crippen molar-refractivity contribution in [2.24, 2.45) is 5.92 Å². The number of aliphatic hydroxyl groups excluding tert-OH is 5. The van der Waals surface area contributed by atoms with Crippen LogP contribution in [0.25, 0.3) is 0 Å². The van der Waals surface area contributed by atoms with Crippen molar-refractivity contribution < 1.29 is 87.3 Å². The average Bonchev–Trinajstić information content (AvgIpc) is 3.28. The maximum Gasteiger partial charge on any atom is 0.338 e. The molecular formula is C43H50O18. The number of rotatable bonds is 14. The topological polar surface area (TPSA) is 252 Å². The number of ether oxygens (including phenoxy) is 9. The Labute approximate surface area is 350 Å². The van der Waals surface area contributed by atoms with E-state index in [0.717, 1.165) is 7.11 Å². The van der Waals surface area contributed by atoms with E-state index in [-0.39, 0.29) is 16.7 Å². The minimum absolute atomic E-state index is 0.0781. The summed E-state index contributed by atoms with van der Waals surface area (Å²) in [6, 6.07) is 23.6. The van der Waals surface area contributed by atoms with Crippen LogP contribution in [-0.2, 0) is 47.4 Å². The molecule has 0 amide bonds. The van der Waals surface area contributed by atoms with E-state index in [1.54, 1.807) is 54.6 Å². The summed E-state index contributed by atoms with van der Waals surface area (Å²) in [6.07, 6.45) is -21.7. The first-order valence-electron chi connectivity index (χ1n) is 19.7. The van der Waals surface area contributed by atoms with E-state index in [1.807, 2.05) is 0 Å². The van der Waals surface area contributed by atoms with Crippen molar-refractivity contribution in [2.75, 3.05) is 20.3 Å². The lowest BCUT2D eigenvalue weighted by Gasteiger charge is -2.50. The molecule has 330 valence electrons. The van der Waals surface area contributed by atoms with Crippen LogP contribution >= 0.6 is 0 Å². The lowest BCUT2D eigenvalue weighted by Crippen LogP contribution is -2.66. The molecule has 3 fully saturated rings. The fourth-order valence-electron chi connectivity index (χ4n) is 7.41. The molecule has 6 rings (SSSR count). The van der Waals surface area contributed by atoms with E-state index in [0.29, 0.717) is 0 Å². The molecule has 3 aliphatic heterocycles. The largest absolute Gasteiger partial charge is 0.469 e. The first kappa shape index (κ1) is 45.7. The summed E-state index contributed by atoms with van der Waals surface area (Å²) in [5, 5.41) is 53.9. The molecule has 3 aliphatic rings. The molecule has 0 saturated carbocycles. The minimum Gasteiger partial charge on any atom is -0.469 e. The van der Waals surface area contributed by atoms with Gasteiger partial charge in [0.05, 0.1) is 55.0 Å². The van der Waals surface area contributed by atoms with Crippen LogP contribution in [0.2, 0.25) is 0 Å². The Bertz CT molecular complexity index is 1900. The van der Waals surface area contributed by atoms with E-state index in [4.69, 9.17) is 42.6 Å². The molecule has 3 heterocycles. The molecular weight excluding hydrogens is 804 g/mol. The zero-order valence-electron chi connectivity index (χ0n) is 33.5. The van der Waals surface area contributed by atoms with Crippen LogP contribution in [0.1, 0.15) is 51.3 Å². The summed E-state index contributed by atoms with van der Waals surface area (Å²) >= 11 is 0. The van der Waals surface area contributed by atoms with Crippen LogP contribution in [0.3, 0.4) is 0 Å². The van der Waals surface area contributed by atoms with Crippen LogP contribution in [0.5, 0.6) is 0 Å². The van der Waals surface area contributed by atoms with Gasteiger partial charge >= 0.3 is 23.9 Å². The van der Waals surface area contributed by atoms with E-state index in [9.17, 15) is 44.7 Å². The summed E-state index contributed by atoms with van der Waals surface area (Å²) < 4.78 is 53.4. The monoisotopic (exact) mass is 854 g/mol. The third-order valence-corrected chi connectivity index (χ3v) is 10.8. The van der Waals surface area contributed by atoms with Crippen LogP contribution in [0.15, 0.2) is 91.0 Å². The Balaban J connectivity index is 1.42. The summed E-state index contributed by atoms with van der Waals surface area (Å²) in [5.74, 6) is -4.74. The average molecular weight is 855 g/mol. The van der Waals surface area contributed by atoms with Gasteiger partial charge in [-0.15, -0.1) is 0 Å². The number of benzene rings is 3. The molecule has 7 unspecified atom stereocenters. The standard InChI is InChI=1S/C43H50O18/c1-22-31(46)33(48)34(49)42(56-22)60-37-28(20-44)55-23(2)32(47)38(37)61-43-36(59-41(52)26-17-11-6-12-18-26)27(19-30(45)53-3)35(58-40(51)25-15-9-5-10-16-25)29(57-43)21-54-39(50)24-13-7-4-8-14-24/h4-18,22-23,27-29,31-38,42-44,46-49H,19-21H2,1-3H3/t22?,23-,27?,28?,29?,31+,32+,33?,34?,35+,36-,37+,38?,42-,43-/m0/s1. The Kier molecular flexibility index (Phi) is 15.6. The van der Waals surface area contributed by atoms with Gasteiger partial charge in [0.1, 0.15) is 61.5 Å². The maximum absolute atomic E-state index is 13.9. The molecule has 3 aromatic carbocycles. The molecule has 0 aromatic heterocycles. The van der Waals surface area contributed by atoms with Gasteiger partial charge in [0.15, 0.2) is 18.7 Å². The van der Waals surface area contributed by atoms with Crippen LogP contribution in [0.4, 0.5) is 0 Å². The zero-order chi connectivity index (χ0) is 43.8. The van der Waals surface area contributed by atoms with Crippen LogP contribution < -0.4 is 0 Å². The second-order valence-electron chi connectivity index (χ2n) is 14.9. The van der Waals surface area contributed by atoms with E-state index in [1.165, 1.54) is 50.2 Å². The highest BCUT2D eigenvalue weighted by Gasteiger charge is 2.56. The van der Waals surface area contributed by atoms with Gasteiger partial charge < -0.3 is 68.2 Å². The Morgan fingerprint density at radius 1 is 0.557 bits per heavy atom. The highest BCUT2D eigenvalue weighted by molar-refractivity contribution is 5.90. The van der Waals surface area contributed by atoms with Crippen molar-refractivity contribution in [3.8, 4) is 0 Å². The first-order valence-corrected chi connectivity index (χ1v) is 19.7. The fraction of sp³-hybridized carbons (Fsp3) is 0.488. The lowest BCUT2D eigenvalue weighted by molar-refractivity contribution is -0.365. The number of hydrogen-bond donors (Lipinski definition) is 5. The quantitative estimate of drug-likeness (QED) is 0.112. The molecule has 0 bridgehead atoms. The summed E-state index contributed by atoms with van der Waals surface area (Å²) in [4.78, 5) is 54.1. The number of aliphatic hydroxyl groups is 5. The van der Waals surface area contributed by atoms with Gasteiger partial charge in [0.25, 0.3) is 0 Å². The summed E-state index contributed by atoms with van der Waals surface area (Å²) in [7, 11) is 1.13. The van der Waals surface area contributed by atoms with Crippen LogP contribution in [0, 0.1) is 5.92 Å². The number of hydrogen-bond acceptors (Lipinski definition) is 18. The lowest BCUT2D eigenvalue weighted by atomic mass is 9.85. The zero-order valence-corrected chi connectivity index (χ0v) is 33.5. The number of carbonyl (C=O) groups excluding carboxylic acids is 4. The SMILES string of the molecule is COC(=O)CC1[C@@H](OC(=O)c2ccccc2)C(COC(=O)c2ccccc2)O[C@@H](OC2[C@H](O[C@@H]3OC(C)[C@@H](O)C(O)C3O)C(CO)O[C@@H](C)[C@H]2O)[C@H]1OC(=O)c1ccccc1. The van der Waals surface area contributed by atoms with E-state index < -0.39 is 135 Å². The van der Waals surface area contributed by atoms with Crippen molar-refractivity contribution >= 4 is 23.9 Å². The van der Waals surface area contributed by atoms with Gasteiger partial charge in [-0.1, -0.05) is 54.6 Å². The molecule has 3 saturated heterocycles. The van der Waals surface area contributed by atoms with Gasteiger partial charge in [-0.2, -0.15) is 0 Å². The molecule has 15 atom stereocenters. The highest BCUT2D eigenvalue weighted by Crippen LogP contribution is 2.39. The summed E-state index contributed by atoms with van der Waals surface area (Å²) in [5.41, 5.74) is 0.372. The number of methoxy groups -OCH3 is 1. The second kappa shape index (κ2) is 20.8.